The van der Waals surface area contributed by atoms with Crippen LogP contribution in [0.1, 0.15) is 12.8 Å². The van der Waals surface area contributed by atoms with E-state index in [-0.39, 0.29) is 11.5 Å². The number of carbonyl (C=O) groups is 2. The Bertz CT molecular complexity index is 385. The molecule has 0 aromatic heterocycles. The summed E-state index contributed by atoms with van der Waals surface area (Å²) in [6, 6.07) is 0. The topological polar surface area (TPSA) is 104 Å². The van der Waals surface area contributed by atoms with Crippen LogP contribution in [-0.2, 0) is 26.1 Å². The molecular formula is C12H16Cl2N2O4Pt. The number of carboxylic acids is 2. The molecule has 21 heavy (non-hydrogen) atoms. The molecule has 2 aliphatic rings. The van der Waals surface area contributed by atoms with Crippen molar-refractivity contribution in [2.75, 3.05) is 19.6 Å². The molecule has 0 amide bonds. The number of nitrogens with one attached hydrogen (secondary N) is 1. The number of piperidine rings is 1. The van der Waals surface area contributed by atoms with E-state index in [0.29, 0.717) is 6.54 Å². The summed E-state index contributed by atoms with van der Waals surface area (Å²) in [6.07, 6.45) is 6.09. The summed E-state index contributed by atoms with van der Waals surface area (Å²) in [6.45, 7) is 2.04. The van der Waals surface area contributed by atoms with Crippen LogP contribution in [0.2, 0.25) is 0 Å². The van der Waals surface area contributed by atoms with Crippen LogP contribution in [0.25, 0.3) is 5.32 Å². The fraction of sp³-hybridized carbons (Fsp3) is 0.500. The monoisotopic (exact) mass is 517 g/mol. The molecule has 2 aliphatic heterocycles. The van der Waals surface area contributed by atoms with E-state index in [4.69, 9.17) is 23.9 Å². The van der Waals surface area contributed by atoms with Gasteiger partial charge in [-0.25, -0.2) is 0 Å². The summed E-state index contributed by atoms with van der Waals surface area (Å²) >= 11 is -0.472. The molecule has 2 heterocycles. The number of dihydropyridines is 1. The van der Waals surface area contributed by atoms with Gasteiger partial charge in [0.25, 0.3) is 0 Å². The summed E-state index contributed by atoms with van der Waals surface area (Å²) in [5.74, 6) is -1.90. The van der Waals surface area contributed by atoms with E-state index in [1.54, 1.807) is 12.3 Å². The molecule has 2 N–H and O–H groups in total. The summed E-state index contributed by atoms with van der Waals surface area (Å²) in [7, 11) is 9.75. The Morgan fingerprint density at radius 2 is 1.95 bits per heavy atom. The van der Waals surface area contributed by atoms with Crippen LogP contribution in [0.3, 0.4) is 0 Å². The summed E-state index contributed by atoms with van der Waals surface area (Å²) < 4.78 is 0. The predicted molar refractivity (Wildman–Crippen MR) is 75.4 cm³/mol. The molecule has 122 valence electrons. The van der Waals surface area contributed by atoms with Gasteiger partial charge >= 0.3 is 41.3 Å². The molecule has 0 radical (unpaired) electrons. The zero-order chi connectivity index (χ0) is 16.1. The Balaban J connectivity index is 0.000000322. The maximum absolute atomic E-state index is 10.3. The second kappa shape index (κ2) is 13.1. The van der Waals surface area contributed by atoms with Crippen molar-refractivity contribution in [2.24, 2.45) is 5.92 Å². The molecule has 0 aromatic rings. The van der Waals surface area contributed by atoms with Crippen LogP contribution in [0.5, 0.6) is 0 Å². The average Bonchev–Trinajstić information content (AvgIpc) is 2.50. The van der Waals surface area contributed by atoms with Gasteiger partial charge in [0, 0.05) is 6.54 Å². The van der Waals surface area contributed by atoms with Crippen LogP contribution < -0.4 is 10.4 Å². The molecule has 0 unspecified atom stereocenters. The second-order valence-corrected chi connectivity index (χ2v) is 7.30. The van der Waals surface area contributed by atoms with E-state index in [2.05, 4.69) is 10.6 Å². The second-order valence-electron chi connectivity index (χ2n) is 4.02. The van der Waals surface area contributed by atoms with Crippen molar-refractivity contribution < 1.29 is 36.3 Å². The third-order valence-electron chi connectivity index (χ3n) is 2.68. The zero-order valence-corrected chi connectivity index (χ0v) is 14.8. The maximum atomic E-state index is 10.3. The van der Waals surface area contributed by atoms with Gasteiger partial charge in [-0.15, -0.1) is 13.1 Å². The normalized spacial score (nSPS) is 17.3. The molecule has 0 aliphatic carbocycles. The van der Waals surface area contributed by atoms with Gasteiger partial charge in [-0.1, -0.05) is 18.9 Å². The molecule has 0 saturated carbocycles. The first-order valence-corrected chi connectivity index (χ1v) is 11.7. The van der Waals surface area contributed by atoms with Crippen LogP contribution >= 0.6 is 18.8 Å². The van der Waals surface area contributed by atoms with Gasteiger partial charge in [0.2, 0.25) is 0 Å². The van der Waals surface area contributed by atoms with Crippen LogP contribution in [0.15, 0.2) is 23.9 Å². The van der Waals surface area contributed by atoms with Gasteiger partial charge in [0.15, 0.2) is 0 Å². The number of carbonyl (C=O) groups excluding carboxylic acids is 1. The minimum absolute atomic E-state index is 0.123. The minimum atomic E-state index is -1.12. The predicted octanol–water partition coefficient (Wildman–Crippen LogP) is 1.01. The Labute approximate surface area is 140 Å². The van der Waals surface area contributed by atoms with Crippen molar-refractivity contribution in [3.05, 3.63) is 29.2 Å². The van der Waals surface area contributed by atoms with Gasteiger partial charge in [-0.3, -0.25) is 4.79 Å². The molecule has 6 nitrogen and oxygen atoms in total. The van der Waals surface area contributed by atoms with Crippen molar-refractivity contribution >= 4 is 30.8 Å². The Morgan fingerprint density at radius 1 is 1.38 bits per heavy atom. The zero-order valence-electron chi connectivity index (χ0n) is 11.0. The molecule has 9 heteroatoms. The SMILES string of the molecule is O=C(O)C1CC[N-]CC1.O=C([O-])C1=CCNC=C1.[Cl][Pt+2][Cl]. The number of nitrogens with zero attached hydrogens (tertiary/aromatic N) is 1. The van der Waals surface area contributed by atoms with Gasteiger partial charge in [-0.2, -0.15) is 0 Å². The Morgan fingerprint density at radius 3 is 2.24 bits per heavy atom. The fourth-order valence-corrected chi connectivity index (χ4v) is 1.60. The summed E-state index contributed by atoms with van der Waals surface area (Å²) in [5.41, 5.74) is 0.244. The van der Waals surface area contributed by atoms with Gasteiger partial charge in [-0.05, 0) is 17.8 Å². The van der Waals surface area contributed by atoms with Crippen molar-refractivity contribution in [3.63, 3.8) is 0 Å². The molecule has 0 atom stereocenters. The van der Waals surface area contributed by atoms with Crippen molar-refractivity contribution in [1.29, 1.82) is 0 Å². The van der Waals surface area contributed by atoms with E-state index < -0.39 is 28.4 Å². The molecular weight excluding hydrogens is 502 g/mol. The number of halogens is 2. The third-order valence-corrected chi connectivity index (χ3v) is 2.68. The quantitative estimate of drug-likeness (QED) is 0.569. The molecule has 2 rings (SSSR count). The van der Waals surface area contributed by atoms with E-state index in [9.17, 15) is 14.7 Å². The Hall–Kier alpha value is -0.552. The van der Waals surface area contributed by atoms with Crippen LogP contribution in [0, 0.1) is 5.92 Å². The standard InChI is InChI=1S/C6H10NO2.C6H7NO2.2ClH.Pt/c2*8-6(9)5-1-3-7-4-2-5;;;/h5H,1-4H2,(H,8,9);1-3,7H,4H2,(H,8,9);2*1H;/q-1;;;;+4/p-3. The molecule has 1 saturated heterocycles. The third kappa shape index (κ3) is 10.8. The van der Waals surface area contributed by atoms with Crippen molar-refractivity contribution in [3.8, 4) is 0 Å². The van der Waals surface area contributed by atoms with E-state index in [0.717, 1.165) is 25.9 Å². The number of aliphatic carboxylic acids is 2. The fourth-order valence-electron chi connectivity index (χ4n) is 1.60. The molecule has 1 fully saturated rings. The molecule has 0 aromatic carbocycles. The van der Waals surface area contributed by atoms with E-state index >= 15 is 0 Å². The first-order chi connectivity index (χ1) is 10.0. The van der Waals surface area contributed by atoms with Crippen LogP contribution in [0.4, 0.5) is 0 Å². The summed E-state index contributed by atoms with van der Waals surface area (Å²) in [4.78, 5) is 20.4. The van der Waals surface area contributed by atoms with E-state index in [1.807, 2.05) is 0 Å². The first kappa shape index (κ1) is 20.4. The number of rotatable bonds is 2. The average molecular weight is 518 g/mol. The van der Waals surface area contributed by atoms with Crippen molar-refractivity contribution in [2.45, 2.75) is 12.8 Å². The summed E-state index contributed by atoms with van der Waals surface area (Å²) in [5, 5.41) is 25.5. The first-order valence-electron chi connectivity index (χ1n) is 6.02. The number of hydrogen-bond donors (Lipinski definition) is 2. The van der Waals surface area contributed by atoms with Gasteiger partial charge < -0.3 is 25.6 Å². The number of carboxylic acid groups (broad SMARTS) is 2. The van der Waals surface area contributed by atoms with E-state index in [1.165, 1.54) is 6.08 Å². The number of hydrogen-bond acceptors (Lipinski definition) is 4. The van der Waals surface area contributed by atoms with Gasteiger partial charge in [0.05, 0.1) is 11.9 Å². The van der Waals surface area contributed by atoms with Crippen molar-refractivity contribution in [1.82, 2.24) is 5.32 Å². The van der Waals surface area contributed by atoms with Gasteiger partial charge in [0.1, 0.15) is 0 Å². The molecule has 0 bridgehead atoms. The molecule has 0 spiro atoms. The Kier molecular flexibility index (Phi) is 12.8. The van der Waals surface area contributed by atoms with Crippen LogP contribution in [-0.4, -0.2) is 36.7 Å².